The second-order valence-corrected chi connectivity index (χ2v) is 3.98. The van der Waals surface area contributed by atoms with E-state index in [1.54, 1.807) is 0 Å². The second kappa shape index (κ2) is 2.73. The largest absolute Gasteiger partial charge is 0.469 e. The lowest BCUT2D eigenvalue weighted by atomic mass is 9.60. The third kappa shape index (κ3) is 1.04. The van der Waals surface area contributed by atoms with Crippen LogP contribution in [0.3, 0.4) is 0 Å². The first-order valence-corrected chi connectivity index (χ1v) is 4.54. The Bertz CT molecular complexity index is 205. The first-order valence-electron chi connectivity index (χ1n) is 4.54. The van der Waals surface area contributed by atoms with Crippen LogP contribution in [0, 0.1) is 11.3 Å². The number of fused-ring (bicyclic) bond motifs is 1. The molecule has 1 N–H and O–H groups in total. The van der Waals surface area contributed by atoms with Crippen LogP contribution in [0.5, 0.6) is 0 Å². The summed E-state index contributed by atoms with van der Waals surface area (Å²) in [7, 11) is 1.47. The van der Waals surface area contributed by atoms with Gasteiger partial charge in [-0.15, -0.1) is 0 Å². The number of nitrogens with one attached hydrogen (secondary N) is 1. The van der Waals surface area contributed by atoms with Crippen molar-refractivity contribution in [3.05, 3.63) is 0 Å². The molecule has 1 heterocycles. The Morgan fingerprint density at radius 1 is 1.75 bits per heavy atom. The van der Waals surface area contributed by atoms with Gasteiger partial charge in [-0.05, 0) is 30.7 Å². The Balaban J connectivity index is 1.97. The maximum Gasteiger partial charge on any atom is 0.306 e. The van der Waals surface area contributed by atoms with Crippen LogP contribution in [0.1, 0.15) is 19.3 Å². The molecule has 1 saturated heterocycles. The van der Waals surface area contributed by atoms with Crippen LogP contribution < -0.4 is 5.32 Å². The first-order chi connectivity index (χ1) is 5.77. The monoisotopic (exact) mass is 169 g/mol. The van der Waals surface area contributed by atoms with Crippen LogP contribution in [0.15, 0.2) is 0 Å². The van der Waals surface area contributed by atoms with Gasteiger partial charge in [0.25, 0.3) is 0 Å². The van der Waals surface area contributed by atoms with Crippen LogP contribution in [-0.2, 0) is 9.53 Å². The van der Waals surface area contributed by atoms with Crippen molar-refractivity contribution in [2.75, 3.05) is 20.2 Å². The first kappa shape index (κ1) is 8.05. The Hall–Kier alpha value is -0.570. The van der Waals surface area contributed by atoms with E-state index in [9.17, 15) is 4.79 Å². The summed E-state index contributed by atoms with van der Waals surface area (Å²) in [5, 5.41) is 3.35. The van der Waals surface area contributed by atoms with E-state index in [4.69, 9.17) is 4.74 Å². The second-order valence-electron chi connectivity index (χ2n) is 3.98. The molecule has 2 rings (SSSR count). The van der Waals surface area contributed by atoms with Gasteiger partial charge in [-0.25, -0.2) is 0 Å². The summed E-state index contributed by atoms with van der Waals surface area (Å²) in [5.74, 6) is 0.681. The molecule has 2 atom stereocenters. The van der Waals surface area contributed by atoms with E-state index in [1.807, 2.05) is 0 Å². The van der Waals surface area contributed by atoms with Gasteiger partial charge in [-0.1, -0.05) is 0 Å². The molecule has 0 radical (unpaired) electrons. The highest BCUT2D eigenvalue weighted by Crippen LogP contribution is 2.51. The fourth-order valence-electron chi connectivity index (χ4n) is 2.46. The fraction of sp³-hybridized carbons (Fsp3) is 0.889. The van der Waals surface area contributed by atoms with Gasteiger partial charge in [-0.2, -0.15) is 0 Å². The molecule has 0 aromatic rings. The van der Waals surface area contributed by atoms with Gasteiger partial charge < -0.3 is 10.1 Å². The maximum absolute atomic E-state index is 11.1. The molecule has 1 saturated carbocycles. The van der Waals surface area contributed by atoms with Gasteiger partial charge in [0.05, 0.1) is 13.5 Å². The molecule has 3 heteroatoms. The van der Waals surface area contributed by atoms with Crippen molar-refractivity contribution in [1.29, 1.82) is 0 Å². The van der Waals surface area contributed by atoms with Crippen LogP contribution in [0.4, 0.5) is 0 Å². The van der Waals surface area contributed by atoms with Crippen molar-refractivity contribution in [3.8, 4) is 0 Å². The van der Waals surface area contributed by atoms with E-state index < -0.39 is 0 Å². The zero-order valence-corrected chi connectivity index (χ0v) is 7.43. The number of ether oxygens (including phenoxy) is 1. The van der Waals surface area contributed by atoms with Gasteiger partial charge >= 0.3 is 5.97 Å². The van der Waals surface area contributed by atoms with Crippen LogP contribution >= 0.6 is 0 Å². The Labute approximate surface area is 72.5 Å². The molecule has 3 nitrogen and oxygen atoms in total. The number of hydrogen-bond acceptors (Lipinski definition) is 3. The Morgan fingerprint density at radius 3 is 3.08 bits per heavy atom. The van der Waals surface area contributed by atoms with Gasteiger partial charge in [0.1, 0.15) is 0 Å². The number of rotatable bonds is 2. The number of hydrogen-bond donors (Lipinski definition) is 1. The van der Waals surface area contributed by atoms with Crippen molar-refractivity contribution >= 4 is 5.97 Å². The lowest BCUT2D eigenvalue weighted by molar-refractivity contribution is -0.145. The summed E-state index contributed by atoms with van der Waals surface area (Å²) in [6.07, 6.45) is 3.09. The molecule has 0 amide bonds. The maximum atomic E-state index is 11.1. The molecule has 0 bridgehead atoms. The molecule has 1 aliphatic heterocycles. The fourth-order valence-corrected chi connectivity index (χ4v) is 2.46. The molecule has 12 heavy (non-hydrogen) atoms. The van der Waals surface area contributed by atoms with Gasteiger partial charge in [0.2, 0.25) is 0 Å². The Kier molecular flexibility index (Phi) is 1.83. The van der Waals surface area contributed by atoms with E-state index >= 15 is 0 Å². The topological polar surface area (TPSA) is 38.3 Å². The van der Waals surface area contributed by atoms with E-state index in [0.717, 1.165) is 19.0 Å². The van der Waals surface area contributed by atoms with Crippen molar-refractivity contribution in [1.82, 2.24) is 5.32 Å². The molecule has 2 aliphatic rings. The quantitative estimate of drug-likeness (QED) is 0.613. The highest BCUT2D eigenvalue weighted by molar-refractivity contribution is 5.70. The molecule has 68 valence electrons. The number of methoxy groups -OCH3 is 1. The minimum absolute atomic E-state index is 0.0524. The van der Waals surface area contributed by atoms with Crippen LogP contribution in [-0.4, -0.2) is 26.2 Å². The normalized spacial score (nSPS) is 38.6. The number of carbonyl (C=O) groups is 1. The molecule has 2 fully saturated rings. The minimum Gasteiger partial charge on any atom is -0.469 e. The Morgan fingerprint density at radius 2 is 2.58 bits per heavy atom. The van der Waals surface area contributed by atoms with Crippen LogP contribution in [0.25, 0.3) is 0 Å². The smallest absolute Gasteiger partial charge is 0.306 e. The van der Waals surface area contributed by atoms with Gasteiger partial charge in [0, 0.05) is 6.54 Å². The average molecular weight is 169 g/mol. The summed E-state index contributed by atoms with van der Waals surface area (Å²) >= 11 is 0. The molecular formula is C9H15NO2. The highest BCUT2D eigenvalue weighted by atomic mass is 16.5. The predicted octanol–water partition coefficient (Wildman–Crippen LogP) is 0.549. The number of esters is 1. The number of carbonyl (C=O) groups excluding carboxylic acids is 1. The molecular weight excluding hydrogens is 154 g/mol. The summed E-state index contributed by atoms with van der Waals surface area (Å²) in [6.45, 7) is 2.10. The third-order valence-corrected chi connectivity index (χ3v) is 3.45. The standard InChI is InChI=1S/C9H15NO2/c1-12-8(11)4-9-3-2-7(9)5-10-6-9/h7,10H,2-6H2,1H3. The summed E-state index contributed by atoms with van der Waals surface area (Å²) in [6, 6.07) is 0. The molecule has 1 aliphatic carbocycles. The van der Waals surface area contributed by atoms with Gasteiger partial charge in [-0.3, -0.25) is 4.79 Å². The van der Waals surface area contributed by atoms with Crippen molar-refractivity contribution in [3.63, 3.8) is 0 Å². The van der Waals surface area contributed by atoms with E-state index in [-0.39, 0.29) is 11.4 Å². The van der Waals surface area contributed by atoms with Gasteiger partial charge in [0.15, 0.2) is 0 Å². The third-order valence-electron chi connectivity index (χ3n) is 3.45. The predicted molar refractivity (Wildman–Crippen MR) is 44.7 cm³/mol. The van der Waals surface area contributed by atoms with E-state index in [1.165, 1.54) is 20.0 Å². The highest BCUT2D eigenvalue weighted by Gasteiger charge is 2.50. The minimum atomic E-state index is -0.0524. The van der Waals surface area contributed by atoms with E-state index in [0.29, 0.717) is 6.42 Å². The molecule has 0 aromatic carbocycles. The zero-order valence-electron chi connectivity index (χ0n) is 7.43. The molecule has 2 unspecified atom stereocenters. The SMILES string of the molecule is COC(=O)CC12CCC1CNC2. The van der Waals surface area contributed by atoms with Crippen molar-refractivity contribution in [2.24, 2.45) is 11.3 Å². The van der Waals surface area contributed by atoms with Crippen LogP contribution in [0.2, 0.25) is 0 Å². The van der Waals surface area contributed by atoms with Crippen molar-refractivity contribution < 1.29 is 9.53 Å². The van der Waals surface area contributed by atoms with E-state index in [2.05, 4.69) is 5.32 Å². The molecule has 0 spiro atoms. The lowest BCUT2D eigenvalue weighted by Crippen LogP contribution is -2.41. The average Bonchev–Trinajstić information content (AvgIpc) is 2.31. The van der Waals surface area contributed by atoms with Crippen molar-refractivity contribution in [2.45, 2.75) is 19.3 Å². The lowest BCUT2D eigenvalue weighted by Gasteiger charge is -2.43. The molecule has 0 aromatic heterocycles. The summed E-state index contributed by atoms with van der Waals surface area (Å²) in [4.78, 5) is 11.1. The summed E-state index contributed by atoms with van der Waals surface area (Å²) in [5.41, 5.74) is 0.271. The summed E-state index contributed by atoms with van der Waals surface area (Å²) < 4.78 is 4.69. The zero-order chi connectivity index (χ0) is 8.60.